The smallest absolute Gasteiger partial charge is 0.245 e. The second-order valence-corrected chi connectivity index (χ2v) is 2.79. The number of nitrogens with two attached hydrogens (primary N) is 2. The molecule has 0 aliphatic heterocycles. The summed E-state index contributed by atoms with van der Waals surface area (Å²) < 4.78 is 5.29. The fraction of sp³-hybridized carbons (Fsp3) is 0.500. The molecule has 0 atom stereocenters. The van der Waals surface area contributed by atoms with Gasteiger partial charge in [0.2, 0.25) is 11.8 Å². The van der Waals surface area contributed by atoms with Gasteiger partial charge in [-0.25, -0.2) is 0 Å². The van der Waals surface area contributed by atoms with Gasteiger partial charge in [-0.1, -0.05) is 6.92 Å². The average Bonchev–Trinajstić information content (AvgIpc) is 2.24. The number of hydrogen-bond acceptors (Lipinski definition) is 7. The molecule has 0 radical (unpaired) electrons. The summed E-state index contributed by atoms with van der Waals surface area (Å²) in [6, 6.07) is 0. The number of nitrogens with zero attached hydrogens (tertiary/aromatic N) is 2. The SMILES string of the molecule is CCNCOc1nc(NC)nc(N)c1N. The zero-order valence-electron chi connectivity index (χ0n) is 8.87. The van der Waals surface area contributed by atoms with Crippen molar-refractivity contribution in [3.63, 3.8) is 0 Å². The van der Waals surface area contributed by atoms with Crippen molar-refractivity contribution in [3.05, 3.63) is 0 Å². The van der Waals surface area contributed by atoms with Crippen LogP contribution < -0.4 is 26.8 Å². The van der Waals surface area contributed by atoms with Crippen LogP contribution in [0.4, 0.5) is 17.5 Å². The van der Waals surface area contributed by atoms with Crippen LogP contribution in [0, 0.1) is 0 Å². The molecule has 0 bridgehead atoms. The topological polar surface area (TPSA) is 111 Å². The van der Waals surface area contributed by atoms with Crippen molar-refractivity contribution in [1.82, 2.24) is 15.3 Å². The van der Waals surface area contributed by atoms with Crippen molar-refractivity contribution in [2.45, 2.75) is 6.92 Å². The van der Waals surface area contributed by atoms with E-state index in [1.807, 2.05) is 6.92 Å². The highest BCUT2D eigenvalue weighted by atomic mass is 16.5. The molecule has 7 nitrogen and oxygen atoms in total. The van der Waals surface area contributed by atoms with Crippen molar-refractivity contribution in [1.29, 1.82) is 0 Å². The third kappa shape index (κ3) is 2.84. The van der Waals surface area contributed by atoms with Crippen molar-refractivity contribution < 1.29 is 4.74 Å². The molecular formula is C8H16N6O. The summed E-state index contributed by atoms with van der Waals surface area (Å²) in [5.74, 6) is 0.877. The third-order valence-corrected chi connectivity index (χ3v) is 1.72. The van der Waals surface area contributed by atoms with Crippen LogP contribution in [0.15, 0.2) is 0 Å². The van der Waals surface area contributed by atoms with E-state index < -0.39 is 0 Å². The van der Waals surface area contributed by atoms with Crippen molar-refractivity contribution in [2.75, 3.05) is 37.1 Å². The molecule has 0 spiro atoms. The molecule has 1 rings (SSSR count). The van der Waals surface area contributed by atoms with Crippen LogP contribution in [0.3, 0.4) is 0 Å². The minimum Gasteiger partial charge on any atom is -0.460 e. The first-order chi connectivity index (χ1) is 7.19. The van der Waals surface area contributed by atoms with Gasteiger partial charge in [0.1, 0.15) is 12.4 Å². The van der Waals surface area contributed by atoms with Crippen molar-refractivity contribution in [3.8, 4) is 5.88 Å². The molecule has 6 N–H and O–H groups in total. The lowest BCUT2D eigenvalue weighted by atomic mass is 10.5. The molecule has 0 amide bonds. The average molecular weight is 212 g/mol. The van der Waals surface area contributed by atoms with Crippen molar-refractivity contribution >= 4 is 17.5 Å². The van der Waals surface area contributed by atoms with Gasteiger partial charge in [-0.15, -0.1) is 0 Å². The number of nitrogens with one attached hydrogen (secondary N) is 2. The van der Waals surface area contributed by atoms with E-state index in [1.54, 1.807) is 7.05 Å². The maximum atomic E-state index is 5.66. The van der Waals surface area contributed by atoms with E-state index in [0.29, 0.717) is 12.7 Å². The normalized spacial score (nSPS) is 10.0. The number of nitrogen functional groups attached to an aromatic ring is 2. The first kappa shape index (κ1) is 11.3. The number of rotatable bonds is 5. The van der Waals surface area contributed by atoms with E-state index in [-0.39, 0.29) is 17.4 Å². The first-order valence-electron chi connectivity index (χ1n) is 4.63. The summed E-state index contributed by atoms with van der Waals surface area (Å²) in [5, 5.41) is 5.75. The van der Waals surface area contributed by atoms with Crippen LogP contribution in [-0.2, 0) is 0 Å². The number of ether oxygens (including phenoxy) is 1. The highest BCUT2D eigenvalue weighted by Gasteiger charge is 2.09. The van der Waals surface area contributed by atoms with Crippen LogP contribution in [0.25, 0.3) is 0 Å². The Labute approximate surface area is 88.2 Å². The molecule has 1 aromatic rings. The van der Waals surface area contributed by atoms with Gasteiger partial charge < -0.3 is 21.5 Å². The zero-order chi connectivity index (χ0) is 11.3. The van der Waals surface area contributed by atoms with E-state index in [4.69, 9.17) is 16.2 Å². The predicted octanol–water partition coefficient (Wildman–Crippen LogP) is -0.371. The maximum Gasteiger partial charge on any atom is 0.245 e. The molecule has 0 aromatic carbocycles. The molecule has 1 heterocycles. The highest BCUT2D eigenvalue weighted by molar-refractivity contribution is 5.66. The van der Waals surface area contributed by atoms with E-state index in [2.05, 4.69) is 20.6 Å². The Morgan fingerprint density at radius 3 is 2.67 bits per heavy atom. The number of hydrogen-bond donors (Lipinski definition) is 4. The molecule has 0 saturated carbocycles. The van der Waals surface area contributed by atoms with Gasteiger partial charge in [0.25, 0.3) is 0 Å². The highest BCUT2D eigenvalue weighted by Crippen LogP contribution is 2.24. The molecule has 0 unspecified atom stereocenters. The summed E-state index contributed by atoms with van der Waals surface area (Å²) in [5.41, 5.74) is 11.5. The summed E-state index contributed by atoms with van der Waals surface area (Å²) in [4.78, 5) is 7.94. The largest absolute Gasteiger partial charge is 0.460 e. The Morgan fingerprint density at radius 2 is 2.07 bits per heavy atom. The van der Waals surface area contributed by atoms with E-state index in [0.717, 1.165) is 6.54 Å². The van der Waals surface area contributed by atoms with E-state index in [9.17, 15) is 0 Å². The van der Waals surface area contributed by atoms with Crippen molar-refractivity contribution in [2.24, 2.45) is 0 Å². The standard InChI is InChI=1S/C8H16N6O/c1-3-12-4-15-7-5(9)6(10)13-8(11-2)14-7/h12H,3-4,9H2,1-2H3,(H3,10,11,13,14). The van der Waals surface area contributed by atoms with Crippen LogP contribution in [-0.4, -0.2) is 30.3 Å². The van der Waals surface area contributed by atoms with Crippen LogP contribution in [0.1, 0.15) is 6.92 Å². The zero-order valence-corrected chi connectivity index (χ0v) is 8.87. The van der Waals surface area contributed by atoms with Gasteiger partial charge in [0, 0.05) is 7.05 Å². The Morgan fingerprint density at radius 1 is 1.33 bits per heavy atom. The minimum atomic E-state index is 0.209. The quantitative estimate of drug-likeness (QED) is 0.389. The maximum absolute atomic E-state index is 5.66. The Hall–Kier alpha value is -1.76. The van der Waals surface area contributed by atoms with Gasteiger partial charge in [0.05, 0.1) is 0 Å². The minimum absolute atomic E-state index is 0.209. The number of aromatic nitrogens is 2. The fourth-order valence-electron chi connectivity index (χ4n) is 0.909. The van der Waals surface area contributed by atoms with E-state index >= 15 is 0 Å². The summed E-state index contributed by atoms with van der Waals surface area (Å²) in [6.45, 7) is 3.11. The Balaban J connectivity index is 2.80. The summed E-state index contributed by atoms with van der Waals surface area (Å²) in [7, 11) is 1.69. The molecule has 0 saturated heterocycles. The lowest BCUT2D eigenvalue weighted by Crippen LogP contribution is -2.20. The fourth-order valence-corrected chi connectivity index (χ4v) is 0.909. The molecule has 0 aliphatic rings. The van der Waals surface area contributed by atoms with Gasteiger partial charge >= 0.3 is 0 Å². The Kier molecular flexibility index (Phi) is 3.92. The van der Waals surface area contributed by atoms with Gasteiger partial charge in [-0.2, -0.15) is 9.97 Å². The molecule has 0 aliphatic carbocycles. The van der Waals surface area contributed by atoms with E-state index in [1.165, 1.54) is 0 Å². The predicted molar refractivity (Wildman–Crippen MR) is 59.6 cm³/mol. The lowest BCUT2D eigenvalue weighted by molar-refractivity contribution is 0.278. The second-order valence-electron chi connectivity index (χ2n) is 2.79. The molecule has 1 aromatic heterocycles. The monoisotopic (exact) mass is 212 g/mol. The van der Waals surface area contributed by atoms with Crippen LogP contribution in [0.2, 0.25) is 0 Å². The van der Waals surface area contributed by atoms with Gasteiger partial charge in [-0.05, 0) is 6.54 Å². The summed E-state index contributed by atoms with van der Waals surface area (Å²) >= 11 is 0. The molecule has 15 heavy (non-hydrogen) atoms. The first-order valence-corrected chi connectivity index (χ1v) is 4.63. The number of anilines is 3. The summed E-state index contributed by atoms with van der Waals surface area (Å²) in [6.07, 6.45) is 0. The van der Waals surface area contributed by atoms with Gasteiger partial charge in [0.15, 0.2) is 5.82 Å². The Bertz CT molecular complexity index is 329. The molecule has 84 valence electrons. The lowest BCUT2D eigenvalue weighted by Gasteiger charge is -2.10. The second kappa shape index (κ2) is 5.20. The van der Waals surface area contributed by atoms with Crippen LogP contribution in [0.5, 0.6) is 5.88 Å². The molecular weight excluding hydrogens is 196 g/mol. The molecule has 7 heteroatoms. The van der Waals surface area contributed by atoms with Crippen LogP contribution >= 0.6 is 0 Å². The third-order valence-electron chi connectivity index (χ3n) is 1.72. The molecule has 0 fully saturated rings. The van der Waals surface area contributed by atoms with Gasteiger partial charge in [-0.3, -0.25) is 5.32 Å².